The van der Waals surface area contributed by atoms with E-state index in [1.807, 2.05) is 0 Å². The van der Waals surface area contributed by atoms with Gasteiger partial charge in [0.2, 0.25) is 0 Å². The fourth-order valence-electron chi connectivity index (χ4n) is 2.29. The van der Waals surface area contributed by atoms with E-state index in [9.17, 15) is 0 Å². The van der Waals surface area contributed by atoms with Crippen LogP contribution in [0.1, 0.15) is 29.4 Å². The minimum absolute atomic E-state index is 0.301. The normalized spacial score (nSPS) is 23.5. The molecule has 3 heterocycles. The van der Waals surface area contributed by atoms with Crippen molar-refractivity contribution in [2.45, 2.75) is 25.4 Å². The lowest BCUT2D eigenvalue weighted by Crippen LogP contribution is -2.21. The molecular formula is C11H16N4O2. The quantitative estimate of drug-likeness (QED) is 0.569. The Balaban J connectivity index is 1.99. The molecule has 3 rings (SSSR count). The van der Waals surface area contributed by atoms with E-state index < -0.39 is 0 Å². The average Bonchev–Trinajstić information content (AvgIpc) is 2.91. The van der Waals surface area contributed by atoms with Gasteiger partial charge in [-0.15, -0.1) is 0 Å². The van der Waals surface area contributed by atoms with E-state index in [1.165, 1.54) is 0 Å². The van der Waals surface area contributed by atoms with E-state index in [2.05, 4.69) is 15.4 Å². The maximum Gasteiger partial charge on any atom is 0.149 e. The van der Waals surface area contributed by atoms with Crippen LogP contribution in [0.3, 0.4) is 0 Å². The fraction of sp³-hybridized carbons (Fsp3) is 0.636. The summed E-state index contributed by atoms with van der Waals surface area (Å²) in [5.41, 5.74) is 4.69. The zero-order valence-electron chi connectivity index (χ0n) is 9.61. The largest absolute Gasteiger partial charge is 0.381 e. The Morgan fingerprint density at radius 3 is 2.94 bits per heavy atom. The van der Waals surface area contributed by atoms with E-state index >= 15 is 0 Å². The number of ether oxygens (including phenoxy) is 2. The fourth-order valence-corrected chi connectivity index (χ4v) is 2.29. The molecule has 0 aliphatic carbocycles. The first kappa shape index (κ1) is 10.9. The monoisotopic (exact) mass is 236 g/mol. The maximum atomic E-state index is 5.51. The van der Waals surface area contributed by atoms with Gasteiger partial charge >= 0.3 is 0 Å². The molecule has 0 spiro atoms. The second-order valence-corrected chi connectivity index (χ2v) is 4.36. The molecule has 17 heavy (non-hydrogen) atoms. The summed E-state index contributed by atoms with van der Waals surface area (Å²) in [5, 5.41) is 0. The number of nitrogen functional groups attached to an aromatic ring is 1. The topological polar surface area (TPSA) is 82.3 Å². The van der Waals surface area contributed by atoms with Crippen molar-refractivity contribution in [1.29, 1.82) is 0 Å². The molecule has 2 aliphatic rings. The highest BCUT2D eigenvalue weighted by Crippen LogP contribution is 2.27. The van der Waals surface area contributed by atoms with Crippen molar-refractivity contribution in [2.24, 2.45) is 5.84 Å². The van der Waals surface area contributed by atoms with Gasteiger partial charge < -0.3 is 14.9 Å². The third-order valence-electron chi connectivity index (χ3n) is 3.27. The van der Waals surface area contributed by atoms with Crippen molar-refractivity contribution in [2.75, 3.05) is 25.2 Å². The van der Waals surface area contributed by atoms with Crippen LogP contribution in [0.5, 0.6) is 0 Å². The van der Waals surface area contributed by atoms with Crippen molar-refractivity contribution < 1.29 is 9.47 Å². The van der Waals surface area contributed by atoms with Crippen LogP contribution in [0.4, 0.5) is 5.82 Å². The molecule has 1 aromatic rings. The molecule has 3 N–H and O–H groups in total. The van der Waals surface area contributed by atoms with Gasteiger partial charge in [-0.05, 0) is 6.42 Å². The van der Waals surface area contributed by atoms with Crippen LogP contribution in [-0.4, -0.2) is 29.8 Å². The molecule has 6 heteroatoms. The molecule has 1 atom stereocenters. The van der Waals surface area contributed by atoms with E-state index in [1.54, 1.807) is 0 Å². The number of nitrogens with one attached hydrogen (secondary N) is 1. The molecule has 1 saturated heterocycles. The van der Waals surface area contributed by atoms with Gasteiger partial charge in [0.05, 0.1) is 25.5 Å². The highest BCUT2D eigenvalue weighted by molar-refractivity contribution is 5.46. The second-order valence-electron chi connectivity index (χ2n) is 4.36. The van der Waals surface area contributed by atoms with Crippen molar-refractivity contribution in [1.82, 2.24) is 9.97 Å². The Labute approximate surface area is 99.5 Å². The SMILES string of the molecule is NNc1nc(C2CCOC2)nc2c1COCC2. The number of hydrazine groups is 1. The molecule has 2 aliphatic heterocycles. The second kappa shape index (κ2) is 4.56. The van der Waals surface area contributed by atoms with Crippen LogP contribution in [0.2, 0.25) is 0 Å². The van der Waals surface area contributed by atoms with Crippen LogP contribution < -0.4 is 11.3 Å². The van der Waals surface area contributed by atoms with Crippen molar-refractivity contribution in [3.8, 4) is 0 Å². The Morgan fingerprint density at radius 2 is 2.18 bits per heavy atom. The van der Waals surface area contributed by atoms with Crippen molar-refractivity contribution >= 4 is 5.82 Å². The summed E-state index contributed by atoms with van der Waals surface area (Å²) < 4.78 is 10.8. The molecule has 0 radical (unpaired) electrons. The van der Waals surface area contributed by atoms with E-state index in [0.717, 1.165) is 36.5 Å². The molecule has 6 nitrogen and oxygen atoms in total. The lowest BCUT2D eigenvalue weighted by molar-refractivity contribution is 0.109. The standard InChI is InChI=1S/C11H16N4O2/c12-15-11-8-6-17-4-2-9(8)13-10(14-11)7-1-3-16-5-7/h7H,1-6,12H2,(H,13,14,15). The summed E-state index contributed by atoms with van der Waals surface area (Å²) in [6.45, 7) is 2.75. The van der Waals surface area contributed by atoms with E-state index in [-0.39, 0.29) is 0 Å². The Bertz CT molecular complexity index is 401. The van der Waals surface area contributed by atoms with Crippen LogP contribution in [0.15, 0.2) is 0 Å². The zero-order chi connectivity index (χ0) is 11.7. The third-order valence-corrected chi connectivity index (χ3v) is 3.27. The molecule has 92 valence electrons. The number of rotatable bonds is 2. The number of hydrogen-bond donors (Lipinski definition) is 2. The minimum Gasteiger partial charge on any atom is -0.381 e. The first-order valence-electron chi connectivity index (χ1n) is 5.90. The predicted octanol–water partition coefficient (Wildman–Crippen LogP) is 0.339. The molecule has 0 bridgehead atoms. The Hall–Kier alpha value is -1.24. The minimum atomic E-state index is 0.301. The molecule has 1 fully saturated rings. The van der Waals surface area contributed by atoms with Gasteiger partial charge in [-0.3, -0.25) is 0 Å². The summed E-state index contributed by atoms with van der Waals surface area (Å²) in [7, 11) is 0. The van der Waals surface area contributed by atoms with Crippen LogP contribution in [-0.2, 0) is 22.5 Å². The van der Waals surface area contributed by atoms with Gasteiger partial charge in [0, 0.05) is 24.5 Å². The highest BCUT2D eigenvalue weighted by atomic mass is 16.5. The van der Waals surface area contributed by atoms with E-state index in [4.69, 9.17) is 15.3 Å². The summed E-state index contributed by atoms with van der Waals surface area (Å²) >= 11 is 0. The van der Waals surface area contributed by atoms with Gasteiger partial charge in [0.25, 0.3) is 0 Å². The lowest BCUT2D eigenvalue weighted by atomic mass is 10.1. The molecule has 0 saturated carbocycles. The number of anilines is 1. The van der Waals surface area contributed by atoms with Gasteiger partial charge in [-0.2, -0.15) is 0 Å². The third kappa shape index (κ3) is 1.99. The van der Waals surface area contributed by atoms with Gasteiger partial charge in [-0.25, -0.2) is 15.8 Å². The van der Waals surface area contributed by atoms with E-state index in [0.29, 0.717) is 31.6 Å². The zero-order valence-corrected chi connectivity index (χ0v) is 9.61. The summed E-state index contributed by atoms with van der Waals surface area (Å²) in [6.07, 6.45) is 1.81. The molecule has 0 amide bonds. The number of aromatic nitrogens is 2. The van der Waals surface area contributed by atoms with Crippen LogP contribution in [0, 0.1) is 0 Å². The molecular weight excluding hydrogens is 220 g/mol. The lowest BCUT2D eigenvalue weighted by Gasteiger charge is -2.20. The Kier molecular flexibility index (Phi) is 2.92. The van der Waals surface area contributed by atoms with Crippen LogP contribution >= 0.6 is 0 Å². The number of nitrogens with two attached hydrogens (primary N) is 1. The average molecular weight is 236 g/mol. The first-order chi connectivity index (χ1) is 8.38. The smallest absolute Gasteiger partial charge is 0.149 e. The molecule has 1 unspecified atom stereocenters. The van der Waals surface area contributed by atoms with Gasteiger partial charge in [0.1, 0.15) is 11.6 Å². The van der Waals surface area contributed by atoms with Gasteiger partial charge in [-0.1, -0.05) is 0 Å². The number of hydrogen-bond acceptors (Lipinski definition) is 6. The summed E-state index contributed by atoms with van der Waals surface area (Å²) in [6, 6.07) is 0. The van der Waals surface area contributed by atoms with Gasteiger partial charge in [0.15, 0.2) is 0 Å². The van der Waals surface area contributed by atoms with Crippen LogP contribution in [0.25, 0.3) is 0 Å². The number of nitrogens with zero attached hydrogens (tertiary/aromatic N) is 2. The molecule has 1 aromatic heterocycles. The first-order valence-corrected chi connectivity index (χ1v) is 5.90. The highest BCUT2D eigenvalue weighted by Gasteiger charge is 2.24. The summed E-state index contributed by atoms with van der Waals surface area (Å²) in [5.74, 6) is 7.35. The Morgan fingerprint density at radius 1 is 1.24 bits per heavy atom. The van der Waals surface area contributed by atoms with Crippen molar-refractivity contribution in [3.63, 3.8) is 0 Å². The molecule has 0 aromatic carbocycles. The number of fused-ring (bicyclic) bond motifs is 1. The summed E-state index contributed by atoms with van der Waals surface area (Å²) in [4.78, 5) is 9.12. The maximum absolute atomic E-state index is 5.51. The van der Waals surface area contributed by atoms with Crippen molar-refractivity contribution in [3.05, 3.63) is 17.1 Å². The predicted molar refractivity (Wildman–Crippen MR) is 61.4 cm³/mol.